The van der Waals surface area contributed by atoms with Crippen molar-refractivity contribution in [1.29, 1.82) is 0 Å². The first-order valence-electron chi connectivity index (χ1n) is 5.62. The van der Waals surface area contributed by atoms with Crippen LogP contribution in [0.25, 0.3) is 0 Å². The molecule has 0 aromatic carbocycles. The third-order valence-corrected chi connectivity index (χ3v) is 2.06. The quantitative estimate of drug-likeness (QED) is 0.559. The SMILES string of the molecule is CC(CCCO)NCCCOC(C)C. The molecular formula is C11H25NO2. The Morgan fingerprint density at radius 3 is 2.50 bits per heavy atom. The van der Waals surface area contributed by atoms with Crippen LogP contribution in [-0.4, -0.2) is 37.0 Å². The number of aliphatic hydroxyl groups excluding tert-OH is 1. The van der Waals surface area contributed by atoms with E-state index in [2.05, 4.69) is 26.1 Å². The third-order valence-electron chi connectivity index (χ3n) is 2.06. The van der Waals surface area contributed by atoms with E-state index in [0.29, 0.717) is 18.8 Å². The Morgan fingerprint density at radius 1 is 1.21 bits per heavy atom. The van der Waals surface area contributed by atoms with Crippen LogP contribution in [0.5, 0.6) is 0 Å². The largest absolute Gasteiger partial charge is 0.396 e. The van der Waals surface area contributed by atoms with Gasteiger partial charge in [-0.2, -0.15) is 0 Å². The first-order chi connectivity index (χ1) is 6.66. The van der Waals surface area contributed by atoms with E-state index in [-0.39, 0.29) is 0 Å². The number of rotatable bonds is 9. The summed E-state index contributed by atoms with van der Waals surface area (Å²) in [7, 11) is 0. The Hall–Kier alpha value is -0.120. The summed E-state index contributed by atoms with van der Waals surface area (Å²) in [5.74, 6) is 0. The molecule has 86 valence electrons. The predicted molar refractivity (Wildman–Crippen MR) is 59.5 cm³/mol. The third kappa shape index (κ3) is 9.96. The van der Waals surface area contributed by atoms with Gasteiger partial charge >= 0.3 is 0 Å². The molecule has 0 bridgehead atoms. The minimum absolute atomic E-state index is 0.294. The fraction of sp³-hybridized carbons (Fsp3) is 1.00. The molecule has 0 amide bonds. The zero-order valence-electron chi connectivity index (χ0n) is 9.75. The van der Waals surface area contributed by atoms with Gasteiger partial charge in [-0.25, -0.2) is 0 Å². The van der Waals surface area contributed by atoms with E-state index >= 15 is 0 Å². The highest BCUT2D eigenvalue weighted by Crippen LogP contribution is 1.95. The summed E-state index contributed by atoms with van der Waals surface area (Å²) in [6.45, 7) is 8.38. The van der Waals surface area contributed by atoms with Crippen molar-refractivity contribution in [3.8, 4) is 0 Å². The molecular weight excluding hydrogens is 178 g/mol. The molecule has 0 aliphatic carbocycles. The highest BCUT2D eigenvalue weighted by Gasteiger charge is 1.99. The van der Waals surface area contributed by atoms with Gasteiger partial charge in [-0.15, -0.1) is 0 Å². The Bertz CT molecular complexity index is 118. The smallest absolute Gasteiger partial charge is 0.0518 e. The first kappa shape index (κ1) is 13.9. The number of ether oxygens (including phenoxy) is 1. The summed E-state index contributed by atoms with van der Waals surface area (Å²) >= 11 is 0. The molecule has 0 aliphatic rings. The molecule has 0 aromatic rings. The molecule has 3 nitrogen and oxygen atoms in total. The zero-order chi connectivity index (χ0) is 10.8. The summed E-state index contributed by atoms with van der Waals surface area (Å²) < 4.78 is 5.42. The van der Waals surface area contributed by atoms with Crippen LogP contribution < -0.4 is 5.32 Å². The van der Waals surface area contributed by atoms with Crippen molar-refractivity contribution >= 4 is 0 Å². The van der Waals surface area contributed by atoms with Crippen molar-refractivity contribution in [3.05, 3.63) is 0 Å². The maximum Gasteiger partial charge on any atom is 0.0518 e. The topological polar surface area (TPSA) is 41.5 Å². The van der Waals surface area contributed by atoms with E-state index in [1.54, 1.807) is 0 Å². The molecule has 0 rings (SSSR count). The lowest BCUT2D eigenvalue weighted by Crippen LogP contribution is -2.28. The Labute approximate surface area is 87.8 Å². The second kappa shape index (κ2) is 9.44. The number of aliphatic hydroxyl groups is 1. The van der Waals surface area contributed by atoms with Crippen LogP contribution in [0.4, 0.5) is 0 Å². The monoisotopic (exact) mass is 203 g/mol. The molecule has 1 unspecified atom stereocenters. The molecule has 0 radical (unpaired) electrons. The first-order valence-corrected chi connectivity index (χ1v) is 5.62. The standard InChI is InChI=1S/C11H25NO2/c1-10(2)14-9-5-7-12-11(3)6-4-8-13/h10-13H,4-9H2,1-3H3. The fourth-order valence-corrected chi connectivity index (χ4v) is 1.24. The molecule has 3 heteroatoms. The van der Waals surface area contributed by atoms with Gasteiger partial charge in [0.05, 0.1) is 6.10 Å². The zero-order valence-corrected chi connectivity index (χ0v) is 9.75. The predicted octanol–water partition coefficient (Wildman–Crippen LogP) is 1.55. The van der Waals surface area contributed by atoms with Crippen LogP contribution in [0, 0.1) is 0 Å². The van der Waals surface area contributed by atoms with E-state index in [9.17, 15) is 0 Å². The summed E-state index contributed by atoms with van der Waals surface area (Å²) in [5, 5.41) is 12.0. The average Bonchev–Trinajstić information content (AvgIpc) is 2.13. The number of nitrogens with one attached hydrogen (secondary N) is 1. The van der Waals surface area contributed by atoms with Crippen LogP contribution in [0.15, 0.2) is 0 Å². The molecule has 2 N–H and O–H groups in total. The van der Waals surface area contributed by atoms with Gasteiger partial charge in [-0.05, 0) is 46.6 Å². The molecule has 14 heavy (non-hydrogen) atoms. The molecule has 0 spiro atoms. The van der Waals surface area contributed by atoms with E-state index < -0.39 is 0 Å². The van der Waals surface area contributed by atoms with E-state index in [4.69, 9.17) is 9.84 Å². The molecule has 1 atom stereocenters. The Balaban J connectivity index is 3.10. The fourth-order valence-electron chi connectivity index (χ4n) is 1.24. The summed E-state index contributed by atoms with van der Waals surface area (Å²) in [5.41, 5.74) is 0. The Kier molecular flexibility index (Phi) is 9.35. The highest BCUT2D eigenvalue weighted by atomic mass is 16.5. The van der Waals surface area contributed by atoms with Crippen molar-refractivity contribution in [2.75, 3.05) is 19.8 Å². The van der Waals surface area contributed by atoms with Gasteiger partial charge in [0.15, 0.2) is 0 Å². The maximum absolute atomic E-state index is 8.64. The average molecular weight is 203 g/mol. The minimum Gasteiger partial charge on any atom is -0.396 e. The van der Waals surface area contributed by atoms with Gasteiger partial charge in [0.1, 0.15) is 0 Å². The van der Waals surface area contributed by atoms with Gasteiger partial charge in [0, 0.05) is 19.3 Å². The molecule has 0 heterocycles. The molecule has 0 saturated heterocycles. The summed E-state index contributed by atoms with van der Waals surface area (Å²) in [6.07, 6.45) is 3.32. The number of hydrogen-bond donors (Lipinski definition) is 2. The van der Waals surface area contributed by atoms with Crippen LogP contribution in [0.3, 0.4) is 0 Å². The lowest BCUT2D eigenvalue weighted by Gasteiger charge is -2.13. The summed E-state index contributed by atoms with van der Waals surface area (Å²) in [4.78, 5) is 0. The molecule has 0 fully saturated rings. The van der Waals surface area contributed by atoms with Crippen molar-refractivity contribution < 1.29 is 9.84 Å². The number of hydrogen-bond acceptors (Lipinski definition) is 3. The van der Waals surface area contributed by atoms with Gasteiger partial charge in [0.25, 0.3) is 0 Å². The van der Waals surface area contributed by atoms with Crippen molar-refractivity contribution in [1.82, 2.24) is 5.32 Å². The van der Waals surface area contributed by atoms with Gasteiger partial charge in [0.2, 0.25) is 0 Å². The van der Waals surface area contributed by atoms with Crippen LogP contribution in [0.2, 0.25) is 0 Å². The maximum atomic E-state index is 8.64. The normalized spacial score (nSPS) is 13.5. The van der Waals surface area contributed by atoms with Gasteiger partial charge < -0.3 is 15.2 Å². The molecule has 0 aromatic heterocycles. The van der Waals surface area contributed by atoms with Crippen LogP contribution in [0.1, 0.15) is 40.0 Å². The van der Waals surface area contributed by atoms with E-state index in [1.807, 2.05) is 0 Å². The van der Waals surface area contributed by atoms with Crippen molar-refractivity contribution in [2.24, 2.45) is 0 Å². The Morgan fingerprint density at radius 2 is 1.93 bits per heavy atom. The van der Waals surface area contributed by atoms with Crippen molar-refractivity contribution in [2.45, 2.75) is 52.2 Å². The lowest BCUT2D eigenvalue weighted by molar-refractivity contribution is 0.0767. The molecule has 0 aliphatic heterocycles. The van der Waals surface area contributed by atoms with E-state index in [1.165, 1.54) is 0 Å². The second-order valence-electron chi connectivity index (χ2n) is 3.99. The van der Waals surface area contributed by atoms with Crippen LogP contribution in [-0.2, 0) is 4.74 Å². The van der Waals surface area contributed by atoms with Crippen LogP contribution >= 0.6 is 0 Å². The van der Waals surface area contributed by atoms with Crippen molar-refractivity contribution in [3.63, 3.8) is 0 Å². The van der Waals surface area contributed by atoms with Gasteiger partial charge in [-0.3, -0.25) is 0 Å². The lowest BCUT2D eigenvalue weighted by atomic mass is 10.2. The summed E-state index contributed by atoms with van der Waals surface area (Å²) in [6, 6.07) is 0.501. The van der Waals surface area contributed by atoms with Gasteiger partial charge in [-0.1, -0.05) is 0 Å². The molecule has 0 saturated carbocycles. The second-order valence-corrected chi connectivity index (χ2v) is 3.99. The van der Waals surface area contributed by atoms with E-state index in [0.717, 1.165) is 32.4 Å². The highest BCUT2D eigenvalue weighted by molar-refractivity contribution is 4.59. The minimum atomic E-state index is 0.294.